The number of nitrogens with zero attached hydrogens (tertiary/aromatic N) is 1. The smallest absolute Gasteiger partial charge is 0.0476 e. The van der Waals surface area contributed by atoms with Gasteiger partial charge in [-0.05, 0) is 57.5 Å². The maximum Gasteiger partial charge on any atom is 0.0476 e. The summed E-state index contributed by atoms with van der Waals surface area (Å²) in [5, 5.41) is 0.764. The van der Waals surface area contributed by atoms with E-state index in [1.165, 1.54) is 12.8 Å². The van der Waals surface area contributed by atoms with Crippen molar-refractivity contribution in [2.24, 2.45) is 5.73 Å². The molecule has 0 radical (unpaired) electrons. The lowest BCUT2D eigenvalue weighted by Gasteiger charge is -2.40. The Kier molecular flexibility index (Phi) is 3.76. The van der Waals surface area contributed by atoms with Crippen molar-refractivity contribution >= 4 is 11.6 Å². The second-order valence-electron chi connectivity index (χ2n) is 5.38. The van der Waals surface area contributed by atoms with Gasteiger partial charge >= 0.3 is 0 Å². The van der Waals surface area contributed by atoms with E-state index in [2.05, 4.69) is 18.7 Å². The summed E-state index contributed by atoms with van der Waals surface area (Å²) in [5.74, 6) is 0. The number of nitrogens with two attached hydrogens (primary N) is 1. The molecule has 94 valence electrons. The second kappa shape index (κ2) is 4.97. The van der Waals surface area contributed by atoms with E-state index in [0.717, 1.165) is 23.7 Å². The van der Waals surface area contributed by atoms with Crippen molar-refractivity contribution in [1.82, 2.24) is 4.90 Å². The molecule has 1 aromatic rings. The van der Waals surface area contributed by atoms with Crippen molar-refractivity contribution in [3.8, 4) is 0 Å². The summed E-state index contributed by atoms with van der Waals surface area (Å²) in [6.07, 6.45) is 2.58. The van der Waals surface area contributed by atoms with Gasteiger partial charge in [-0.15, -0.1) is 0 Å². The van der Waals surface area contributed by atoms with Gasteiger partial charge in [-0.2, -0.15) is 0 Å². The van der Waals surface area contributed by atoms with Gasteiger partial charge in [-0.25, -0.2) is 0 Å². The fraction of sp³-hybridized carbons (Fsp3) is 0.571. The first-order valence-electron chi connectivity index (χ1n) is 6.28. The first-order valence-corrected chi connectivity index (χ1v) is 6.66. The van der Waals surface area contributed by atoms with E-state index in [9.17, 15) is 0 Å². The third-order valence-corrected chi connectivity index (χ3v) is 4.16. The Hall–Kier alpha value is -0.570. The van der Waals surface area contributed by atoms with E-state index in [1.807, 2.05) is 24.3 Å². The first-order chi connectivity index (χ1) is 8.01. The van der Waals surface area contributed by atoms with Crippen LogP contribution in [0.2, 0.25) is 5.02 Å². The van der Waals surface area contributed by atoms with E-state index < -0.39 is 0 Å². The number of hydrogen-bond donors (Lipinski definition) is 1. The minimum atomic E-state index is 0.00430. The summed E-state index contributed by atoms with van der Waals surface area (Å²) in [7, 11) is 0. The molecular weight excluding hydrogens is 232 g/mol. The molecule has 1 saturated heterocycles. The number of hydrogen-bond acceptors (Lipinski definition) is 2. The highest BCUT2D eigenvalue weighted by molar-refractivity contribution is 6.30. The number of likely N-dealkylation sites (tertiary alicyclic amines) is 1. The van der Waals surface area contributed by atoms with E-state index in [-0.39, 0.29) is 11.6 Å². The molecule has 0 aromatic heterocycles. The second-order valence-corrected chi connectivity index (χ2v) is 5.81. The molecule has 1 fully saturated rings. The Morgan fingerprint density at radius 3 is 2.24 bits per heavy atom. The SMILES string of the molecule is CC(C)(C(N)c1ccc(Cl)cc1)N1CCCC1. The summed E-state index contributed by atoms with van der Waals surface area (Å²) >= 11 is 5.91. The van der Waals surface area contributed by atoms with Crippen molar-refractivity contribution in [3.63, 3.8) is 0 Å². The van der Waals surface area contributed by atoms with Gasteiger partial charge in [-0.1, -0.05) is 23.7 Å². The standard InChI is InChI=1S/C14H21ClN2/c1-14(2,17-9-3-4-10-17)13(16)11-5-7-12(15)8-6-11/h5-8,13H,3-4,9-10,16H2,1-2H3. The minimum absolute atomic E-state index is 0.00430. The molecule has 0 spiro atoms. The van der Waals surface area contributed by atoms with Crippen molar-refractivity contribution in [1.29, 1.82) is 0 Å². The lowest BCUT2D eigenvalue weighted by molar-refractivity contribution is 0.124. The molecule has 2 nitrogen and oxygen atoms in total. The van der Waals surface area contributed by atoms with E-state index in [4.69, 9.17) is 17.3 Å². The third-order valence-electron chi connectivity index (χ3n) is 3.91. The molecule has 0 bridgehead atoms. The predicted molar refractivity (Wildman–Crippen MR) is 73.3 cm³/mol. The van der Waals surface area contributed by atoms with Crippen molar-refractivity contribution < 1.29 is 0 Å². The zero-order valence-corrected chi connectivity index (χ0v) is 11.4. The lowest BCUT2D eigenvalue weighted by atomic mass is 9.88. The van der Waals surface area contributed by atoms with E-state index >= 15 is 0 Å². The van der Waals surface area contributed by atoms with Crippen LogP contribution >= 0.6 is 11.6 Å². The van der Waals surface area contributed by atoms with Crippen LogP contribution in [0.5, 0.6) is 0 Å². The molecule has 1 unspecified atom stereocenters. The minimum Gasteiger partial charge on any atom is -0.322 e. The van der Waals surface area contributed by atoms with Gasteiger partial charge in [0.2, 0.25) is 0 Å². The van der Waals surface area contributed by atoms with Crippen LogP contribution < -0.4 is 5.73 Å². The molecule has 1 aliphatic rings. The fourth-order valence-corrected chi connectivity index (χ4v) is 2.69. The Balaban J connectivity index is 2.17. The Bertz CT molecular complexity index is 366. The number of halogens is 1. The molecule has 1 aliphatic heterocycles. The van der Waals surface area contributed by atoms with Crippen LogP contribution in [-0.2, 0) is 0 Å². The predicted octanol–water partition coefficient (Wildman–Crippen LogP) is 3.21. The van der Waals surface area contributed by atoms with Crippen LogP contribution in [0.25, 0.3) is 0 Å². The van der Waals surface area contributed by atoms with Gasteiger partial charge in [0, 0.05) is 16.6 Å². The van der Waals surface area contributed by atoms with Crippen LogP contribution in [0.15, 0.2) is 24.3 Å². The first kappa shape index (κ1) is 12.9. The molecule has 2 N–H and O–H groups in total. The Morgan fingerprint density at radius 1 is 1.18 bits per heavy atom. The number of rotatable bonds is 3. The Labute approximate surface area is 109 Å². The van der Waals surface area contributed by atoms with Crippen molar-refractivity contribution in [2.75, 3.05) is 13.1 Å². The van der Waals surface area contributed by atoms with E-state index in [0.29, 0.717) is 0 Å². The third kappa shape index (κ3) is 2.65. The molecule has 0 amide bonds. The molecule has 17 heavy (non-hydrogen) atoms. The lowest BCUT2D eigenvalue weighted by Crippen LogP contribution is -2.49. The van der Waals surface area contributed by atoms with Crippen LogP contribution in [-0.4, -0.2) is 23.5 Å². The monoisotopic (exact) mass is 252 g/mol. The summed E-state index contributed by atoms with van der Waals surface area (Å²) in [5.41, 5.74) is 7.58. The van der Waals surface area contributed by atoms with Gasteiger partial charge in [0.1, 0.15) is 0 Å². The summed E-state index contributed by atoms with van der Waals surface area (Å²) in [4.78, 5) is 2.49. The highest BCUT2D eigenvalue weighted by atomic mass is 35.5. The van der Waals surface area contributed by atoms with Gasteiger partial charge in [0.05, 0.1) is 0 Å². The summed E-state index contributed by atoms with van der Waals surface area (Å²) < 4.78 is 0. The number of benzene rings is 1. The van der Waals surface area contributed by atoms with Gasteiger partial charge < -0.3 is 5.73 Å². The average molecular weight is 253 g/mol. The zero-order chi connectivity index (χ0) is 12.5. The molecule has 1 aromatic carbocycles. The normalized spacial score (nSPS) is 19.5. The molecule has 3 heteroatoms. The fourth-order valence-electron chi connectivity index (χ4n) is 2.57. The quantitative estimate of drug-likeness (QED) is 0.895. The summed E-state index contributed by atoms with van der Waals surface area (Å²) in [6, 6.07) is 7.92. The van der Waals surface area contributed by atoms with Crippen molar-refractivity contribution in [2.45, 2.75) is 38.3 Å². The summed E-state index contributed by atoms with van der Waals surface area (Å²) in [6.45, 7) is 6.79. The topological polar surface area (TPSA) is 29.3 Å². The molecule has 1 atom stereocenters. The highest BCUT2D eigenvalue weighted by Crippen LogP contribution is 2.32. The maximum atomic E-state index is 6.42. The van der Waals surface area contributed by atoms with Gasteiger partial charge in [-0.3, -0.25) is 4.90 Å². The van der Waals surface area contributed by atoms with Gasteiger partial charge in [0.15, 0.2) is 0 Å². The van der Waals surface area contributed by atoms with Crippen molar-refractivity contribution in [3.05, 3.63) is 34.9 Å². The molecule has 2 rings (SSSR count). The van der Waals surface area contributed by atoms with E-state index in [1.54, 1.807) is 0 Å². The average Bonchev–Trinajstić information content (AvgIpc) is 2.83. The zero-order valence-electron chi connectivity index (χ0n) is 10.6. The highest BCUT2D eigenvalue weighted by Gasteiger charge is 2.35. The maximum absolute atomic E-state index is 6.42. The van der Waals surface area contributed by atoms with Crippen LogP contribution in [0.1, 0.15) is 38.3 Å². The largest absolute Gasteiger partial charge is 0.322 e. The molecule has 1 heterocycles. The molecular formula is C14H21ClN2. The Morgan fingerprint density at radius 2 is 1.71 bits per heavy atom. The molecule has 0 saturated carbocycles. The van der Waals surface area contributed by atoms with Crippen LogP contribution in [0.4, 0.5) is 0 Å². The van der Waals surface area contributed by atoms with Crippen LogP contribution in [0.3, 0.4) is 0 Å². The van der Waals surface area contributed by atoms with Crippen LogP contribution in [0, 0.1) is 0 Å². The van der Waals surface area contributed by atoms with Gasteiger partial charge in [0.25, 0.3) is 0 Å². The molecule has 0 aliphatic carbocycles.